The fourth-order valence-electron chi connectivity index (χ4n) is 5.84. The first-order chi connectivity index (χ1) is 23.8. The zero-order chi connectivity index (χ0) is 35.8. The molecule has 0 bridgehead atoms. The Balaban J connectivity index is 1.25. The summed E-state index contributed by atoms with van der Waals surface area (Å²) >= 11 is 0. The van der Waals surface area contributed by atoms with E-state index in [0.717, 1.165) is 23.3 Å². The molecule has 0 radical (unpaired) electrons. The zero-order valence-electron chi connectivity index (χ0n) is 26.5. The van der Waals surface area contributed by atoms with Gasteiger partial charge in [-0.25, -0.2) is 0 Å². The molecule has 0 saturated heterocycles. The van der Waals surface area contributed by atoms with Crippen molar-refractivity contribution in [1.29, 1.82) is 10.8 Å². The Hall–Kier alpha value is -6.22. The molecule has 0 aromatic heterocycles. The van der Waals surface area contributed by atoms with Crippen molar-refractivity contribution in [2.75, 3.05) is 0 Å². The topological polar surface area (TPSA) is 189 Å². The molecule has 6 aromatic carbocycles. The van der Waals surface area contributed by atoms with Gasteiger partial charge in [0.15, 0.2) is 9.95 Å². The number of rotatable bonds is 9. The molecule has 0 aliphatic rings. The van der Waals surface area contributed by atoms with Crippen molar-refractivity contribution in [2.24, 2.45) is 0 Å². The Labute approximate surface area is 287 Å². The first kappa shape index (κ1) is 33.7. The van der Waals surface area contributed by atoms with Crippen molar-refractivity contribution in [3.05, 3.63) is 130 Å². The first-order valence-electron chi connectivity index (χ1n) is 15.1. The van der Waals surface area contributed by atoms with E-state index in [1.807, 2.05) is 13.8 Å². The molecule has 6 rings (SSSR count). The van der Waals surface area contributed by atoms with E-state index in [1.165, 1.54) is 48.5 Å². The van der Waals surface area contributed by atoms with Gasteiger partial charge in [-0.1, -0.05) is 86.6 Å². The standard InChI is InChI=1S/C36H26N4O8S2/c1-3-36(2,22-12-16-24(17-13-22)47-49(43,44)32-20-30(39-37)34(41)28-10-6-4-8-26(28)32)23-14-18-25(19-15-23)48-50(45,46)33-21-31(40-38)35(42)29-11-7-5-9-27(29)33/h4-21H,3H2,1-2H3. The van der Waals surface area contributed by atoms with Crippen molar-refractivity contribution in [3.8, 4) is 23.0 Å². The minimum atomic E-state index is -4.46. The summed E-state index contributed by atoms with van der Waals surface area (Å²) in [6, 6.07) is 26.9. The molecule has 250 valence electrons. The van der Waals surface area contributed by atoms with Gasteiger partial charge in [0, 0.05) is 16.2 Å². The summed E-state index contributed by atoms with van der Waals surface area (Å²) in [6.07, 6.45) is 0.603. The smallest absolute Gasteiger partial charge is 0.379 e. The molecule has 0 saturated carbocycles. The summed E-state index contributed by atoms with van der Waals surface area (Å²) in [5.41, 5.74) is 0.125. The second kappa shape index (κ2) is 12.7. The van der Waals surface area contributed by atoms with Crippen LogP contribution in [-0.4, -0.2) is 16.8 Å². The van der Waals surface area contributed by atoms with Crippen LogP contribution in [0.15, 0.2) is 119 Å². The van der Waals surface area contributed by atoms with E-state index in [0.29, 0.717) is 6.42 Å². The van der Waals surface area contributed by atoms with Crippen LogP contribution < -0.4 is 18.6 Å². The summed E-state index contributed by atoms with van der Waals surface area (Å²) in [5.74, 6) is -1.23. The number of hydrogen-bond acceptors (Lipinski definition) is 10. The third kappa shape index (κ3) is 5.87. The highest BCUT2D eigenvalue weighted by atomic mass is 32.2. The average Bonchev–Trinajstić information content (AvgIpc) is 3.12. The highest BCUT2D eigenvalue weighted by Crippen LogP contribution is 2.41. The molecule has 0 spiro atoms. The summed E-state index contributed by atoms with van der Waals surface area (Å²) in [6.45, 7) is 3.94. The molecule has 0 atom stereocenters. The van der Waals surface area contributed by atoms with Gasteiger partial charge >= 0.3 is 31.6 Å². The summed E-state index contributed by atoms with van der Waals surface area (Å²) < 4.78 is 64.3. The molecule has 0 heterocycles. The molecular formula is C36H26N4O8S2. The van der Waals surface area contributed by atoms with Gasteiger partial charge in [-0.2, -0.15) is 16.8 Å². The van der Waals surface area contributed by atoms with Crippen LogP contribution in [0.5, 0.6) is 23.0 Å². The van der Waals surface area contributed by atoms with Crippen molar-refractivity contribution in [2.45, 2.75) is 35.5 Å². The van der Waals surface area contributed by atoms with Crippen molar-refractivity contribution < 1.29 is 35.4 Å². The van der Waals surface area contributed by atoms with Crippen LogP contribution in [-0.2, 0) is 25.7 Å². The lowest BCUT2D eigenvalue weighted by atomic mass is 9.74. The van der Waals surface area contributed by atoms with E-state index in [4.69, 9.17) is 8.37 Å². The maximum atomic E-state index is 13.4. The van der Waals surface area contributed by atoms with Crippen LogP contribution >= 0.6 is 0 Å². The molecule has 6 aromatic rings. The van der Waals surface area contributed by atoms with Gasteiger partial charge in [-0.3, -0.25) is 0 Å². The Morgan fingerprint density at radius 1 is 0.600 bits per heavy atom. The Morgan fingerprint density at radius 2 is 0.940 bits per heavy atom. The molecule has 0 aliphatic heterocycles. The molecule has 0 unspecified atom stereocenters. The van der Waals surface area contributed by atoms with Crippen LogP contribution in [0.4, 0.5) is 11.4 Å². The number of hydrogen-bond donors (Lipinski definition) is 0. The first-order valence-corrected chi connectivity index (χ1v) is 17.9. The highest BCUT2D eigenvalue weighted by Gasteiger charge is 2.30. The van der Waals surface area contributed by atoms with E-state index in [-0.39, 0.29) is 42.8 Å². The number of fused-ring (bicyclic) bond motifs is 2. The number of nitrogens with zero attached hydrogens (tertiary/aromatic N) is 4. The SMILES string of the molecule is CCC(C)(c1ccc(OS(=O)(=O)c2cc([N+]#N)c([O-])c3ccccc23)cc1)c1ccc(OS(=O)(=O)c2cc([N+]#N)c([O-])c3ccccc23)cc1. The van der Waals surface area contributed by atoms with Gasteiger partial charge in [-0.05, 0) is 64.1 Å². The lowest BCUT2D eigenvalue weighted by molar-refractivity contribution is -0.265. The second-order valence-corrected chi connectivity index (χ2v) is 14.6. The third-order valence-corrected chi connectivity index (χ3v) is 11.3. The van der Waals surface area contributed by atoms with Crippen molar-refractivity contribution >= 4 is 53.2 Å². The van der Waals surface area contributed by atoms with Gasteiger partial charge in [0.25, 0.3) is 0 Å². The predicted molar refractivity (Wildman–Crippen MR) is 182 cm³/mol. The molecule has 0 N–H and O–H groups in total. The minimum absolute atomic E-state index is 0.00798. The summed E-state index contributed by atoms with van der Waals surface area (Å²) in [5, 5.41) is 44.0. The van der Waals surface area contributed by atoms with E-state index in [9.17, 15) is 37.8 Å². The molecule has 12 nitrogen and oxygen atoms in total. The van der Waals surface area contributed by atoms with Gasteiger partial charge in [0.2, 0.25) is 10.8 Å². The van der Waals surface area contributed by atoms with E-state index >= 15 is 0 Å². The lowest BCUT2D eigenvalue weighted by Crippen LogP contribution is -2.22. The minimum Gasteiger partial charge on any atom is -0.867 e. The fraction of sp³-hybridized carbons (Fsp3) is 0.111. The number of diazo groups is 2. The Kier molecular flexibility index (Phi) is 8.53. The maximum Gasteiger partial charge on any atom is 0.379 e. The summed E-state index contributed by atoms with van der Waals surface area (Å²) in [4.78, 5) is 5.23. The van der Waals surface area contributed by atoms with Crippen LogP contribution in [0.1, 0.15) is 31.4 Å². The van der Waals surface area contributed by atoms with Crippen LogP contribution in [0.25, 0.3) is 31.5 Å². The van der Waals surface area contributed by atoms with E-state index < -0.39 is 48.5 Å². The normalized spacial score (nSPS) is 11.9. The van der Waals surface area contributed by atoms with E-state index in [2.05, 4.69) is 9.95 Å². The molecule has 50 heavy (non-hydrogen) atoms. The van der Waals surface area contributed by atoms with Gasteiger partial charge < -0.3 is 18.6 Å². The molecular weight excluding hydrogens is 681 g/mol. The van der Waals surface area contributed by atoms with Crippen LogP contribution in [0, 0.1) is 10.8 Å². The molecule has 0 fully saturated rings. The van der Waals surface area contributed by atoms with Crippen LogP contribution in [0.3, 0.4) is 0 Å². The predicted octanol–water partition coefficient (Wildman–Crippen LogP) is 7.36. The second-order valence-electron chi connectivity index (χ2n) is 11.5. The Bertz CT molecular complexity index is 2440. The summed E-state index contributed by atoms with van der Waals surface area (Å²) in [7, 11) is -8.92. The largest absolute Gasteiger partial charge is 0.867 e. The molecule has 0 amide bonds. The fourth-order valence-corrected chi connectivity index (χ4v) is 8.15. The zero-order valence-corrected chi connectivity index (χ0v) is 28.1. The molecule has 14 heteroatoms. The van der Waals surface area contributed by atoms with Gasteiger partial charge in [0.1, 0.15) is 21.3 Å². The highest BCUT2D eigenvalue weighted by molar-refractivity contribution is 7.87. The quantitative estimate of drug-likeness (QED) is 0.108. The maximum absolute atomic E-state index is 13.4. The van der Waals surface area contributed by atoms with Gasteiger partial charge in [-0.15, -0.1) is 0 Å². The third-order valence-electron chi connectivity index (χ3n) is 8.73. The van der Waals surface area contributed by atoms with Crippen LogP contribution in [0.2, 0.25) is 0 Å². The van der Waals surface area contributed by atoms with Gasteiger partial charge in [0.05, 0.1) is 12.1 Å². The van der Waals surface area contributed by atoms with E-state index in [1.54, 1.807) is 48.5 Å². The average molecular weight is 707 g/mol. The molecule has 0 aliphatic carbocycles. The van der Waals surface area contributed by atoms with Crippen molar-refractivity contribution in [3.63, 3.8) is 0 Å². The lowest BCUT2D eigenvalue weighted by Gasteiger charge is -2.30. The Morgan fingerprint density at radius 3 is 1.26 bits per heavy atom. The number of benzene rings is 6. The monoisotopic (exact) mass is 706 g/mol. The van der Waals surface area contributed by atoms with Crippen molar-refractivity contribution in [1.82, 2.24) is 0 Å².